The zero-order chi connectivity index (χ0) is 21.2. The van der Waals surface area contributed by atoms with E-state index in [1.54, 1.807) is 17.8 Å². The summed E-state index contributed by atoms with van der Waals surface area (Å²) >= 11 is 2.80. The molecule has 3 aromatic rings. The Labute approximate surface area is 181 Å². The Morgan fingerprint density at radius 1 is 0.933 bits per heavy atom. The van der Waals surface area contributed by atoms with Crippen LogP contribution in [0.2, 0.25) is 0 Å². The minimum atomic E-state index is -0.223. The minimum Gasteiger partial charge on any atom is -0.355 e. The number of hydrogen-bond acceptors (Lipinski definition) is 7. The molecule has 0 aromatic carbocycles. The van der Waals surface area contributed by atoms with Crippen LogP contribution in [-0.2, 0) is 33.8 Å². The van der Waals surface area contributed by atoms with Gasteiger partial charge in [-0.05, 0) is 29.1 Å². The fourth-order valence-corrected chi connectivity index (χ4v) is 3.94. The number of hydrogen-bond donors (Lipinski definition) is 3. The number of pyridine rings is 1. The number of aromatic nitrogens is 2. The Bertz CT molecular complexity index is 974. The van der Waals surface area contributed by atoms with E-state index in [1.165, 1.54) is 22.7 Å². The Morgan fingerprint density at radius 3 is 2.53 bits per heavy atom. The van der Waals surface area contributed by atoms with Crippen molar-refractivity contribution in [1.82, 2.24) is 20.6 Å². The number of amides is 3. The average Bonchev–Trinajstić information content (AvgIpc) is 3.39. The second-order valence-electron chi connectivity index (χ2n) is 6.36. The smallest absolute Gasteiger partial charge is 0.231 e. The van der Waals surface area contributed by atoms with Gasteiger partial charge in [0.2, 0.25) is 17.7 Å². The van der Waals surface area contributed by atoms with Crippen molar-refractivity contribution >= 4 is 45.5 Å². The zero-order valence-electron chi connectivity index (χ0n) is 16.1. The molecule has 0 aliphatic rings. The van der Waals surface area contributed by atoms with E-state index < -0.39 is 0 Å². The van der Waals surface area contributed by atoms with Crippen LogP contribution in [0.1, 0.15) is 22.6 Å². The molecule has 0 bridgehead atoms. The number of carbonyl (C=O) groups excluding carboxylic acids is 3. The molecule has 0 atom stereocenters. The normalized spacial score (nSPS) is 10.4. The number of nitrogens with one attached hydrogen (secondary N) is 3. The zero-order valence-corrected chi connectivity index (χ0v) is 17.7. The molecule has 0 unspecified atom stereocenters. The van der Waals surface area contributed by atoms with Gasteiger partial charge in [0.15, 0.2) is 5.13 Å². The second-order valence-corrected chi connectivity index (χ2v) is 8.25. The van der Waals surface area contributed by atoms with E-state index in [2.05, 4.69) is 25.9 Å². The summed E-state index contributed by atoms with van der Waals surface area (Å²) in [4.78, 5) is 45.1. The first-order valence-corrected chi connectivity index (χ1v) is 11.0. The lowest BCUT2D eigenvalue weighted by Gasteiger charge is -2.06. The molecule has 0 saturated heterocycles. The van der Waals surface area contributed by atoms with Gasteiger partial charge >= 0.3 is 0 Å². The van der Waals surface area contributed by atoms with Crippen LogP contribution in [-0.4, -0.2) is 34.2 Å². The number of thiophene rings is 1. The summed E-state index contributed by atoms with van der Waals surface area (Å²) in [6.07, 6.45) is 3.92. The van der Waals surface area contributed by atoms with Gasteiger partial charge in [-0.2, -0.15) is 0 Å². The predicted octanol–water partition coefficient (Wildman–Crippen LogP) is 2.15. The SMILES string of the molecule is O=C(CCNC(=O)Cc1csc(NC(=O)Cc2cccs2)n1)NCc1ccncc1. The van der Waals surface area contributed by atoms with Gasteiger partial charge in [-0.1, -0.05) is 6.07 Å². The maximum absolute atomic E-state index is 12.0. The van der Waals surface area contributed by atoms with Crippen molar-refractivity contribution in [1.29, 1.82) is 0 Å². The van der Waals surface area contributed by atoms with E-state index in [1.807, 2.05) is 29.6 Å². The Hall–Kier alpha value is -3.11. The summed E-state index contributed by atoms with van der Waals surface area (Å²) in [6.45, 7) is 0.671. The molecular formula is C20H21N5O3S2. The molecule has 0 aliphatic carbocycles. The minimum absolute atomic E-state index is 0.0932. The van der Waals surface area contributed by atoms with Crippen molar-refractivity contribution in [3.05, 3.63) is 63.6 Å². The van der Waals surface area contributed by atoms with Gasteiger partial charge in [0.05, 0.1) is 18.5 Å². The van der Waals surface area contributed by atoms with Crippen LogP contribution in [0.4, 0.5) is 5.13 Å². The summed E-state index contributed by atoms with van der Waals surface area (Å²) in [6, 6.07) is 7.46. The van der Waals surface area contributed by atoms with Gasteiger partial charge in [0, 0.05) is 42.2 Å². The molecule has 3 amide bonds. The van der Waals surface area contributed by atoms with Crippen LogP contribution in [0.15, 0.2) is 47.4 Å². The van der Waals surface area contributed by atoms with Gasteiger partial charge in [-0.25, -0.2) is 4.98 Å². The molecule has 0 spiro atoms. The first-order chi connectivity index (χ1) is 14.6. The molecule has 30 heavy (non-hydrogen) atoms. The van der Waals surface area contributed by atoms with Crippen LogP contribution in [0.3, 0.4) is 0 Å². The molecule has 3 N–H and O–H groups in total. The summed E-state index contributed by atoms with van der Waals surface area (Å²) in [5.41, 5.74) is 1.54. The molecule has 3 aromatic heterocycles. The van der Waals surface area contributed by atoms with E-state index in [0.29, 0.717) is 23.8 Å². The van der Waals surface area contributed by atoms with Crippen molar-refractivity contribution in [3.8, 4) is 0 Å². The lowest BCUT2D eigenvalue weighted by Crippen LogP contribution is -2.31. The molecule has 156 valence electrons. The average molecular weight is 444 g/mol. The highest BCUT2D eigenvalue weighted by atomic mass is 32.1. The molecule has 0 aliphatic heterocycles. The highest BCUT2D eigenvalue weighted by molar-refractivity contribution is 7.14. The van der Waals surface area contributed by atoms with Crippen molar-refractivity contribution in [2.24, 2.45) is 0 Å². The first kappa shape index (κ1) is 21.6. The molecular weight excluding hydrogens is 422 g/mol. The standard InChI is InChI=1S/C20H21N5O3S2/c26-17(23-12-14-3-6-21-7-4-14)5-8-22-18(27)10-15-13-30-20(24-15)25-19(28)11-16-2-1-9-29-16/h1-4,6-7,9,13H,5,8,10-12H2,(H,22,27)(H,23,26)(H,24,25,28). The van der Waals surface area contributed by atoms with Crippen molar-refractivity contribution in [2.45, 2.75) is 25.8 Å². The van der Waals surface area contributed by atoms with E-state index in [9.17, 15) is 14.4 Å². The summed E-state index contributed by atoms with van der Waals surface area (Å²) in [5.74, 6) is -0.504. The number of carbonyl (C=O) groups is 3. The van der Waals surface area contributed by atoms with Crippen LogP contribution < -0.4 is 16.0 Å². The van der Waals surface area contributed by atoms with Gasteiger partial charge in [0.1, 0.15) is 0 Å². The lowest BCUT2D eigenvalue weighted by atomic mass is 10.2. The van der Waals surface area contributed by atoms with Crippen molar-refractivity contribution < 1.29 is 14.4 Å². The molecule has 3 rings (SSSR count). The van der Waals surface area contributed by atoms with Gasteiger partial charge in [0.25, 0.3) is 0 Å². The summed E-state index contributed by atoms with van der Waals surface area (Å²) in [7, 11) is 0. The second kappa shape index (κ2) is 11.2. The highest BCUT2D eigenvalue weighted by Gasteiger charge is 2.11. The third kappa shape index (κ3) is 7.37. The van der Waals surface area contributed by atoms with E-state index in [0.717, 1.165) is 10.4 Å². The third-order valence-corrected chi connectivity index (χ3v) is 5.65. The Kier molecular flexibility index (Phi) is 8.04. The maximum atomic E-state index is 12.0. The van der Waals surface area contributed by atoms with Crippen molar-refractivity contribution in [2.75, 3.05) is 11.9 Å². The van der Waals surface area contributed by atoms with Gasteiger partial charge < -0.3 is 16.0 Å². The number of thiazole rings is 1. The summed E-state index contributed by atoms with van der Waals surface area (Å²) in [5, 5.41) is 12.4. The van der Waals surface area contributed by atoms with E-state index in [4.69, 9.17) is 0 Å². The molecule has 0 saturated carbocycles. The Balaban J connectivity index is 1.33. The topological polar surface area (TPSA) is 113 Å². The molecule has 3 heterocycles. The van der Waals surface area contributed by atoms with Crippen LogP contribution in [0.5, 0.6) is 0 Å². The van der Waals surface area contributed by atoms with Crippen LogP contribution in [0, 0.1) is 0 Å². The van der Waals surface area contributed by atoms with Crippen molar-refractivity contribution in [3.63, 3.8) is 0 Å². The lowest BCUT2D eigenvalue weighted by molar-refractivity contribution is -0.122. The fourth-order valence-electron chi connectivity index (χ4n) is 2.51. The van der Waals surface area contributed by atoms with Gasteiger partial charge in [-0.3, -0.25) is 19.4 Å². The van der Waals surface area contributed by atoms with Gasteiger partial charge in [-0.15, -0.1) is 22.7 Å². The number of rotatable bonds is 10. The van der Waals surface area contributed by atoms with E-state index >= 15 is 0 Å². The molecule has 0 radical (unpaired) electrons. The maximum Gasteiger partial charge on any atom is 0.231 e. The highest BCUT2D eigenvalue weighted by Crippen LogP contribution is 2.17. The van der Waals surface area contributed by atoms with Crippen LogP contribution >= 0.6 is 22.7 Å². The summed E-state index contributed by atoms with van der Waals surface area (Å²) < 4.78 is 0. The van der Waals surface area contributed by atoms with E-state index in [-0.39, 0.29) is 37.1 Å². The largest absolute Gasteiger partial charge is 0.355 e. The quantitative estimate of drug-likeness (QED) is 0.444. The first-order valence-electron chi connectivity index (χ1n) is 9.27. The Morgan fingerprint density at radius 2 is 1.77 bits per heavy atom. The monoisotopic (exact) mass is 443 g/mol. The van der Waals surface area contributed by atoms with Crippen LogP contribution in [0.25, 0.3) is 0 Å². The number of nitrogens with zero attached hydrogens (tertiary/aromatic N) is 2. The fraction of sp³-hybridized carbons (Fsp3) is 0.250. The molecule has 8 nitrogen and oxygen atoms in total. The third-order valence-electron chi connectivity index (χ3n) is 3.97. The number of anilines is 1. The molecule has 0 fully saturated rings. The predicted molar refractivity (Wildman–Crippen MR) is 116 cm³/mol. The molecule has 10 heteroatoms.